The largest absolute Gasteiger partial charge is 0.381 e. The predicted octanol–water partition coefficient (Wildman–Crippen LogP) is 6.70. The topological polar surface area (TPSA) is 99.1 Å². The standard InChI is InChI=1S/C45H55FN8O3/c1-6-41-39(42(48-36-16-22-57-23-17-36)38-27-47-54(7-2)43(38)49-41)30-53(45(56)35-13-9-12-34(26-35)44(55)50(3)4)29-32-14-15-40(46)37(25-32)33-11-8-10-31(24-33)28-52-20-18-51(5)19-21-52/h8-15,24-27,36H,6-7,16-23,28-30H2,1-5H3,(H,48,49). The number of piperazine rings is 1. The Morgan fingerprint density at radius 2 is 1.63 bits per heavy atom. The number of benzene rings is 3. The number of carbonyl (C=O) groups is 2. The highest BCUT2D eigenvalue weighted by atomic mass is 19.1. The molecule has 11 nitrogen and oxygen atoms in total. The summed E-state index contributed by atoms with van der Waals surface area (Å²) in [6.45, 7) is 11.4. The van der Waals surface area contributed by atoms with Gasteiger partial charge in [0.2, 0.25) is 0 Å². The fourth-order valence-electron chi connectivity index (χ4n) is 7.91. The van der Waals surface area contributed by atoms with Crippen LogP contribution in [0.3, 0.4) is 0 Å². The highest BCUT2D eigenvalue weighted by Gasteiger charge is 2.26. The van der Waals surface area contributed by atoms with Crippen LogP contribution in [0.15, 0.2) is 72.9 Å². The SMILES string of the molecule is CCc1nc2c(cnn2CC)c(NC2CCOCC2)c1CN(Cc1ccc(F)c(-c2cccc(CN3CCN(C)CC3)c2)c1)C(=O)c1cccc(C(=O)N(C)C)c1. The van der Waals surface area contributed by atoms with Crippen LogP contribution in [0.4, 0.5) is 10.1 Å². The highest BCUT2D eigenvalue weighted by molar-refractivity contribution is 6.00. The summed E-state index contributed by atoms with van der Waals surface area (Å²) in [4.78, 5) is 41.1. The van der Waals surface area contributed by atoms with Crippen molar-refractivity contribution in [3.8, 4) is 11.1 Å². The van der Waals surface area contributed by atoms with Gasteiger partial charge >= 0.3 is 0 Å². The smallest absolute Gasteiger partial charge is 0.254 e. The maximum absolute atomic E-state index is 15.8. The van der Waals surface area contributed by atoms with E-state index in [0.29, 0.717) is 42.9 Å². The summed E-state index contributed by atoms with van der Waals surface area (Å²) in [6, 6.07) is 20.3. The van der Waals surface area contributed by atoms with Crippen molar-refractivity contribution in [2.75, 3.05) is 65.9 Å². The van der Waals surface area contributed by atoms with E-state index in [2.05, 4.69) is 53.2 Å². The average Bonchev–Trinajstić information content (AvgIpc) is 3.65. The second-order valence-electron chi connectivity index (χ2n) is 15.5. The van der Waals surface area contributed by atoms with Crippen molar-refractivity contribution in [3.05, 3.63) is 112 Å². The normalized spacial score (nSPS) is 15.5. The molecule has 2 aliphatic heterocycles. The maximum Gasteiger partial charge on any atom is 0.254 e. The van der Waals surface area contributed by atoms with Crippen LogP contribution in [0.5, 0.6) is 0 Å². The van der Waals surface area contributed by atoms with Gasteiger partial charge in [-0.3, -0.25) is 14.5 Å². The number of halogens is 1. The lowest BCUT2D eigenvalue weighted by molar-refractivity contribution is 0.0729. The van der Waals surface area contributed by atoms with E-state index in [-0.39, 0.29) is 36.8 Å². The molecular formula is C45H55FN8O3. The second kappa shape index (κ2) is 18.0. The van der Waals surface area contributed by atoms with Gasteiger partial charge < -0.3 is 24.8 Å². The molecule has 0 saturated carbocycles. The Hall–Kier alpha value is -5.17. The van der Waals surface area contributed by atoms with Gasteiger partial charge in [0.25, 0.3) is 11.8 Å². The molecule has 3 aromatic carbocycles. The lowest BCUT2D eigenvalue weighted by atomic mass is 9.99. The van der Waals surface area contributed by atoms with Gasteiger partial charge in [0.15, 0.2) is 5.65 Å². The van der Waals surface area contributed by atoms with Crippen molar-refractivity contribution in [2.45, 2.75) is 65.3 Å². The minimum absolute atomic E-state index is 0.183. The number of aryl methyl sites for hydroxylation is 2. The average molecular weight is 775 g/mol. The molecule has 0 aliphatic carbocycles. The number of hydrogen-bond donors (Lipinski definition) is 1. The molecule has 2 aliphatic rings. The second-order valence-corrected chi connectivity index (χ2v) is 15.5. The molecule has 0 spiro atoms. The fourth-order valence-corrected chi connectivity index (χ4v) is 7.91. The summed E-state index contributed by atoms with van der Waals surface area (Å²) < 4.78 is 23.4. The molecule has 57 heavy (non-hydrogen) atoms. The van der Waals surface area contributed by atoms with E-state index >= 15 is 4.39 Å². The van der Waals surface area contributed by atoms with E-state index in [4.69, 9.17) is 9.72 Å². The molecule has 2 fully saturated rings. The number of ether oxygens (including phenoxy) is 1. The molecular weight excluding hydrogens is 720 g/mol. The van der Waals surface area contributed by atoms with E-state index in [9.17, 15) is 9.59 Å². The molecule has 0 radical (unpaired) electrons. The Bertz CT molecular complexity index is 2210. The van der Waals surface area contributed by atoms with Crippen molar-refractivity contribution in [2.24, 2.45) is 0 Å². The minimum atomic E-state index is -0.318. The summed E-state index contributed by atoms with van der Waals surface area (Å²) in [6.07, 6.45) is 4.22. The Morgan fingerprint density at radius 1 is 0.895 bits per heavy atom. The van der Waals surface area contributed by atoms with Crippen molar-refractivity contribution in [1.82, 2.24) is 34.4 Å². The first-order chi connectivity index (χ1) is 27.6. The zero-order chi connectivity index (χ0) is 40.1. The summed E-state index contributed by atoms with van der Waals surface area (Å²) in [5, 5.41) is 9.43. The summed E-state index contributed by atoms with van der Waals surface area (Å²) in [5.41, 5.74) is 7.56. The number of aromatic nitrogens is 3. The summed E-state index contributed by atoms with van der Waals surface area (Å²) >= 11 is 0. The van der Waals surface area contributed by atoms with Gasteiger partial charge in [0.1, 0.15) is 5.82 Å². The number of nitrogens with zero attached hydrogens (tertiary/aromatic N) is 7. The van der Waals surface area contributed by atoms with Crippen molar-refractivity contribution >= 4 is 28.5 Å². The maximum atomic E-state index is 15.8. The van der Waals surface area contributed by atoms with Crippen LogP contribution in [0.25, 0.3) is 22.2 Å². The van der Waals surface area contributed by atoms with Crippen LogP contribution < -0.4 is 5.32 Å². The summed E-state index contributed by atoms with van der Waals surface area (Å²) in [7, 11) is 5.54. The monoisotopic (exact) mass is 774 g/mol. The molecule has 7 rings (SSSR count). The summed E-state index contributed by atoms with van der Waals surface area (Å²) in [5.74, 6) is -0.748. The predicted molar refractivity (Wildman–Crippen MR) is 223 cm³/mol. The van der Waals surface area contributed by atoms with E-state index in [1.54, 1.807) is 49.3 Å². The molecule has 300 valence electrons. The van der Waals surface area contributed by atoms with E-state index in [1.165, 1.54) is 11.0 Å². The van der Waals surface area contributed by atoms with Crippen LogP contribution in [-0.2, 0) is 37.3 Å². The van der Waals surface area contributed by atoms with Crippen LogP contribution in [0, 0.1) is 5.82 Å². The molecule has 2 amide bonds. The van der Waals surface area contributed by atoms with Crippen LogP contribution >= 0.6 is 0 Å². The van der Waals surface area contributed by atoms with E-state index < -0.39 is 0 Å². The molecule has 2 saturated heterocycles. The van der Waals surface area contributed by atoms with Crippen molar-refractivity contribution < 1.29 is 18.7 Å². The first-order valence-corrected chi connectivity index (χ1v) is 20.2. The minimum Gasteiger partial charge on any atom is -0.381 e. The Labute approximate surface area is 335 Å². The van der Waals surface area contributed by atoms with E-state index in [1.807, 2.05) is 29.1 Å². The van der Waals surface area contributed by atoms with Gasteiger partial charge in [-0.15, -0.1) is 0 Å². The third-order valence-electron chi connectivity index (χ3n) is 11.2. The number of nitrogens with one attached hydrogen (secondary N) is 1. The third kappa shape index (κ3) is 9.19. The number of anilines is 1. The molecule has 0 unspecified atom stereocenters. The van der Waals surface area contributed by atoms with Gasteiger partial charge in [0, 0.05) is 107 Å². The number of amides is 2. The molecule has 2 aromatic heterocycles. The fraction of sp³-hybridized carbons (Fsp3) is 0.422. The van der Waals surface area contributed by atoms with Crippen molar-refractivity contribution in [1.29, 1.82) is 0 Å². The molecule has 0 atom stereocenters. The first kappa shape index (κ1) is 40.0. The van der Waals surface area contributed by atoms with Gasteiger partial charge in [-0.05, 0) is 86.3 Å². The number of carbonyl (C=O) groups excluding carboxylic acids is 2. The molecule has 1 N–H and O–H groups in total. The van der Waals surface area contributed by atoms with E-state index in [0.717, 1.165) is 90.2 Å². The zero-order valence-electron chi connectivity index (χ0n) is 33.9. The van der Waals surface area contributed by atoms with Crippen molar-refractivity contribution in [3.63, 3.8) is 0 Å². The van der Waals surface area contributed by atoms with Gasteiger partial charge in [-0.2, -0.15) is 5.10 Å². The number of fused-ring (bicyclic) bond motifs is 1. The first-order valence-electron chi connectivity index (χ1n) is 20.2. The molecule has 0 bridgehead atoms. The van der Waals surface area contributed by atoms with Gasteiger partial charge in [-0.1, -0.05) is 37.3 Å². The quantitative estimate of drug-likeness (QED) is 0.141. The third-order valence-corrected chi connectivity index (χ3v) is 11.2. The van der Waals surface area contributed by atoms with Crippen LogP contribution in [0.2, 0.25) is 0 Å². The number of likely N-dealkylation sites (N-methyl/N-ethyl adjacent to an activating group) is 1. The zero-order valence-corrected chi connectivity index (χ0v) is 33.9. The van der Waals surface area contributed by atoms with Gasteiger partial charge in [0.05, 0.1) is 23.8 Å². The van der Waals surface area contributed by atoms with Crippen LogP contribution in [0.1, 0.15) is 69.8 Å². The highest BCUT2D eigenvalue weighted by Crippen LogP contribution is 2.34. The lowest BCUT2D eigenvalue weighted by Gasteiger charge is -2.32. The number of hydrogen-bond acceptors (Lipinski definition) is 8. The molecule has 4 heterocycles. The van der Waals surface area contributed by atoms with Gasteiger partial charge in [-0.25, -0.2) is 14.1 Å². The number of pyridine rings is 1. The van der Waals surface area contributed by atoms with Crippen LogP contribution in [-0.4, -0.2) is 113 Å². The Kier molecular flexibility index (Phi) is 12.6. The lowest BCUT2D eigenvalue weighted by Crippen LogP contribution is -2.43. The number of rotatable bonds is 13. The molecule has 5 aromatic rings. The Balaban J connectivity index is 1.27. The molecule has 12 heteroatoms. The Morgan fingerprint density at radius 3 is 2.35 bits per heavy atom.